The van der Waals surface area contributed by atoms with Crippen LogP contribution < -0.4 is 0 Å². The molecule has 262 valence electrons. The Kier molecular flexibility index (Phi) is 7.60. The van der Waals surface area contributed by atoms with Crippen LogP contribution in [0.2, 0.25) is 0 Å². The molecule has 0 unspecified atom stereocenters. The summed E-state index contributed by atoms with van der Waals surface area (Å²) in [6.45, 7) is 0. The number of pyridine rings is 1. The minimum absolute atomic E-state index is 0.640. The highest BCUT2D eigenvalue weighted by Crippen LogP contribution is 2.48. The predicted molar refractivity (Wildman–Crippen MR) is 232 cm³/mol. The lowest BCUT2D eigenvalue weighted by Crippen LogP contribution is -2.00. The van der Waals surface area contributed by atoms with E-state index < -0.39 is 0 Å². The van der Waals surface area contributed by atoms with E-state index in [1.807, 2.05) is 72.0 Å². The molecular formula is C50H31N5S. The molecular weight excluding hydrogens is 703 g/mol. The van der Waals surface area contributed by atoms with Crippen LogP contribution in [0.15, 0.2) is 188 Å². The van der Waals surface area contributed by atoms with Crippen molar-refractivity contribution in [2.75, 3.05) is 0 Å². The van der Waals surface area contributed by atoms with E-state index in [0.717, 1.165) is 55.7 Å². The van der Waals surface area contributed by atoms with Crippen molar-refractivity contribution in [3.05, 3.63) is 188 Å². The Morgan fingerprint density at radius 1 is 0.375 bits per heavy atom. The van der Waals surface area contributed by atoms with Gasteiger partial charge in [0.2, 0.25) is 0 Å². The average Bonchev–Trinajstić information content (AvgIpc) is 3.82. The first-order valence-electron chi connectivity index (χ1n) is 18.6. The second-order valence-corrected chi connectivity index (χ2v) is 14.8. The zero-order valence-corrected chi connectivity index (χ0v) is 30.9. The van der Waals surface area contributed by atoms with Crippen LogP contribution in [0, 0.1) is 0 Å². The minimum atomic E-state index is 0.640. The molecule has 11 aromatic rings. The number of rotatable bonds is 6. The first-order valence-corrected chi connectivity index (χ1v) is 19.5. The van der Waals surface area contributed by atoms with E-state index in [9.17, 15) is 0 Å². The molecule has 0 fully saturated rings. The summed E-state index contributed by atoms with van der Waals surface area (Å²) in [6.07, 6.45) is 0. The number of hydrogen-bond donors (Lipinski definition) is 0. The van der Waals surface area contributed by atoms with Gasteiger partial charge in [0, 0.05) is 49.5 Å². The van der Waals surface area contributed by atoms with Gasteiger partial charge >= 0.3 is 0 Å². The Labute approximate surface area is 326 Å². The summed E-state index contributed by atoms with van der Waals surface area (Å²) in [6, 6.07) is 65.4. The topological polar surface area (TPSA) is 56.5 Å². The lowest BCUT2D eigenvalue weighted by molar-refractivity contribution is 1.07. The summed E-state index contributed by atoms with van der Waals surface area (Å²) in [5.41, 5.74) is 10.5. The van der Waals surface area contributed by atoms with E-state index in [1.54, 1.807) is 0 Å². The smallest absolute Gasteiger partial charge is 0.164 e. The van der Waals surface area contributed by atoms with Crippen LogP contribution in [0.25, 0.3) is 104 Å². The monoisotopic (exact) mass is 733 g/mol. The molecule has 0 aliphatic heterocycles. The van der Waals surface area contributed by atoms with Gasteiger partial charge in [-0.1, -0.05) is 158 Å². The van der Waals surface area contributed by atoms with E-state index in [2.05, 4.69) is 132 Å². The van der Waals surface area contributed by atoms with Crippen molar-refractivity contribution in [1.29, 1.82) is 0 Å². The molecule has 11 rings (SSSR count). The number of aromatic nitrogens is 5. The first-order chi connectivity index (χ1) is 27.8. The molecule has 0 aliphatic rings. The maximum Gasteiger partial charge on any atom is 0.164 e. The van der Waals surface area contributed by atoms with Crippen LogP contribution in [-0.4, -0.2) is 24.5 Å². The van der Waals surface area contributed by atoms with Gasteiger partial charge in [0.25, 0.3) is 0 Å². The Morgan fingerprint density at radius 3 is 1.50 bits per heavy atom. The molecule has 0 atom stereocenters. The second-order valence-electron chi connectivity index (χ2n) is 13.8. The zero-order chi connectivity index (χ0) is 37.0. The van der Waals surface area contributed by atoms with Crippen molar-refractivity contribution >= 4 is 53.4 Å². The van der Waals surface area contributed by atoms with Gasteiger partial charge in [-0.2, -0.15) is 0 Å². The van der Waals surface area contributed by atoms with Gasteiger partial charge in [0.1, 0.15) is 4.83 Å². The Balaban J connectivity index is 1.10. The van der Waals surface area contributed by atoms with Crippen LogP contribution in [0.5, 0.6) is 0 Å². The van der Waals surface area contributed by atoms with Crippen LogP contribution in [0.4, 0.5) is 0 Å². The van der Waals surface area contributed by atoms with Crippen molar-refractivity contribution in [3.8, 4) is 62.2 Å². The maximum atomic E-state index is 5.26. The molecule has 5 nitrogen and oxygen atoms in total. The minimum Gasteiger partial charge on any atom is -0.301 e. The molecule has 0 N–H and O–H groups in total. The van der Waals surface area contributed by atoms with E-state index in [1.165, 1.54) is 31.2 Å². The van der Waals surface area contributed by atoms with Crippen LogP contribution in [-0.2, 0) is 0 Å². The molecule has 4 heterocycles. The number of fused-ring (bicyclic) bond motifs is 7. The summed E-state index contributed by atoms with van der Waals surface area (Å²) < 4.78 is 3.62. The summed E-state index contributed by atoms with van der Waals surface area (Å²) >= 11 is 1.83. The number of hydrogen-bond acceptors (Lipinski definition) is 5. The fraction of sp³-hybridized carbons (Fsp3) is 0. The van der Waals surface area contributed by atoms with Gasteiger partial charge in [-0.25, -0.2) is 19.9 Å². The largest absolute Gasteiger partial charge is 0.301 e. The van der Waals surface area contributed by atoms with Crippen LogP contribution in [0.3, 0.4) is 0 Å². The SMILES string of the molecule is c1ccc(-c2nc(-c3ccccc3)nc(-c3ccc(-c4ccc5c(c4)c4c6c(sc4n5-c4ccccc4)c(-c4ccccc4)nc4ccccc46)cc3)n2)cc1. The van der Waals surface area contributed by atoms with Gasteiger partial charge in [-0.15, -0.1) is 11.3 Å². The Bertz CT molecular complexity index is 3150. The molecule has 0 saturated heterocycles. The Hall–Kier alpha value is -7.28. The number of para-hydroxylation sites is 2. The lowest BCUT2D eigenvalue weighted by Gasteiger charge is -2.10. The fourth-order valence-corrected chi connectivity index (χ4v) is 9.18. The predicted octanol–water partition coefficient (Wildman–Crippen LogP) is 13.1. The van der Waals surface area contributed by atoms with Crippen LogP contribution >= 0.6 is 11.3 Å². The maximum absolute atomic E-state index is 5.26. The molecule has 0 spiro atoms. The first kappa shape index (κ1) is 32.2. The molecule has 0 saturated carbocycles. The Morgan fingerprint density at radius 2 is 0.875 bits per heavy atom. The quantitative estimate of drug-likeness (QED) is 0.171. The number of nitrogens with zero attached hydrogens (tertiary/aromatic N) is 5. The third-order valence-corrected chi connectivity index (χ3v) is 11.6. The van der Waals surface area contributed by atoms with Gasteiger partial charge in [-0.3, -0.25) is 0 Å². The average molecular weight is 734 g/mol. The number of benzene rings is 7. The lowest BCUT2D eigenvalue weighted by atomic mass is 9.99. The molecule has 56 heavy (non-hydrogen) atoms. The third-order valence-electron chi connectivity index (χ3n) is 10.5. The number of thiophene rings is 1. The van der Waals surface area contributed by atoms with Gasteiger partial charge in [0.05, 0.1) is 21.4 Å². The van der Waals surface area contributed by atoms with Gasteiger partial charge < -0.3 is 4.57 Å². The van der Waals surface area contributed by atoms with Crippen molar-refractivity contribution in [3.63, 3.8) is 0 Å². The molecule has 4 aromatic heterocycles. The van der Waals surface area contributed by atoms with E-state index in [0.29, 0.717) is 17.5 Å². The summed E-state index contributed by atoms with van der Waals surface area (Å²) in [4.78, 5) is 21.3. The molecule has 0 radical (unpaired) electrons. The highest BCUT2D eigenvalue weighted by Gasteiger charge is 2.23. The van der Waals surface area contributed by atoms with Crippen LogP contribution in [0.1, 0.15) is 0 Å². The third kappa shape index (κ3) is 5.38. The van der Waals surface area contributed by atoms with Gasteiger partial charge in [0.15, 0.2) is 17.5 Å². The van der Waals surface area contributed by atoms with Crippen molar-refractivity contribution < 1.29 is 0 Å². The van der Waals surface area contributed by atoms with Gasteiger partial charge in [-0.05, 0) is 41.5 Å². The summed E-state index contributed by atoms with van der Waals surface area (Å²) in [5.74, 6) is 1.94. The zero-order valence-electron chi connectivity index (χ0n) is 30.0. The second kappa shape index (κ2) is 13.2. The van der Waals surface area contributed by atoms with Crippen molar-refractivity contribution in [2.45, 2.75) is 0 Å². The summed E-state index contributed by atoms with van der Waals surface area (Å²) in [7, 11) is 0. The highest BCUT2D eigenvalue weighted by molar-refractivity contribution is 7.26. The molecule has 0 amide bonds. The van der Waals surface area contributed by atoms with Crippen molar-refractivity contribution in [2.24, 2.45) is 0 Å². The van der Waals surface area contributed by atoms with E-state index in [-0.39, 0.29) is 0 Å². The molecule has 0 bridgehead atoms. The molecule has 6 heteroatoms. The molecule has 0 aliphatic carbocycles. The standard InChI is InChI=1S/C50H31N5S/c1-5-15-33(16-6-1)45-46-43(39-23-13-14-24-41(39)51-45)44-40-31-37(29-30-42(40)55(50(44)56-46)38-21-11-4-12-22-38)32-25-27-36(28-26-32)49-53-47(34-17-7-2-8-18-34)52-48(54-49)35-19-9-3-10-20-35/h1-31H. The summed E-state index contributed by atoms with van der Waals surface area (Å²) in [5, 5.41) is 4.88. The molecule has 7 aromatic carbocycles. The van der Waals surface area contributed by atoms with Crippen molar-refractivity contribution in [1.82, 2.24) is 24.5 Å². The normalized spacial score (nSPS) is 11.6. The highest BCUT2D eigenvalue weighted by atomic mass is 32.1. The van der Waals surface area contributed by atoms with E-state index >= 15 is 0 Å². The van der Waals surface area contributed by atoms with E-state index in [4.69, 9.17) is 19.9 Å². The fourth-order valence-electron chi connectivity index (χ4n) is 7.80.